The van der Waals surface area contributed by atoms with Crippen LogP contribution in [-0.2, 0) is 9.47 Å². The van der Waals surface area contributed by atoms with Crippen LogP contribution in [0.15, 0.2) is 29.3 Å². The molecule has 2 unspecified atom stereocenters. The van der Waals surface area contributed by atoms with E-state index in [9.17, 15) is 4.39 Å². The summed E-state index contributed by atoms with van der Waals surface area (Å²) in [7, 11) is 3.73. The number of para-hydroxylation sites is 1. The summed E-state index contributed by atoms with van der Waals surface area (Å²) < 4.78 is 25.5. The Kier molecular flexibility index (Phi) is 9.73. The number of hydrogen-bond acceptors (Lipinski definition) is 4. The summed E-state index contributed by atoms with van der Waals surface area (Å²) >= 11 is 0. The zero-order chi connectivity index (χ0) is 19.1. The van der Waals surface area contributed by atoms with Crippen LogP contribution in [0.3, 0.4) is 0 Å². The van der Waals surface area contributed by atoms with Crippen molar-refractivity contribution in [2.75, 3.05) is 58.4 Å². The third-order valence-corrected chi connectivity index (χ3v) is 5.20. The van der Waals surface area contributed by atoms with Crippen molar-refractivity contribution in [1.82, 2.24) is 10.2 Å². The van der Waals surface area contributed by atoms with E-state index in [1.54, 1.807) is 12.1 Å². The van der Waals surface area contributed by atoms with E-state index in [0.717, 1.165) is 58.0 Å². The van der Waals surface area contributed by atoms with Crippen molar-refractivity contribution >= 4 is 35.6 Å². The summed E-state index contributed by atoms with van der Waals surface area (Å²) in [6, 6.07) is 6.87. The van der Waals surface area contributed by atoms with Gasteiger partial charge in [0.1, 0.15) is 11.9 Å². The molecule has 1 aromatic carbocycles. The number of nitrogens with one attached hydrogen (secondary N) is 1. The molecule has 2 aliphatic rings. The van der Waals surface area contributed by atoms with Crippen molar-refractivity contribution in [3.05, 3.63) is 30.1 Å². The molecule has 0 radical (unpaired) electrons. The largest absolute Gasteiger partial charge is 0.375 e. The molecule has 2 heterocycles. The standard InChI is InChI=1S/C20H31FN4O2.HI/c1-22-20(25-12-14-27-19(15-25)18-9-5-13-26-18)23-10-6-11-24(2)17-8-4-3-7-16(17)21;/h3-4,7-8,18-19H,5-6,9-15H2,1-2H3,(H,22,23);1H. The van der Waals surface area contributed by atoms with Gasteiger partial charge in [-0.3, -0.25) is 4.99 Å². The molecule has 2 saturated heterocycles. The molecule has 1 aromatic rings. The number of nitrogens with zero attached hydrogens (tertiary/aromatic N) is 3. The second-order valence-electron chi connectivity index (χ2n) is 7.11. The molecule has 28 heavy (non-hydrogen) atoms. The number of anilines is 1. The molecule has 0 aliphatic carbocycles. The van der Waals surface area contributed by atoms with E-state index in [1.165, 1.54) is 6.07 Å². The maximum absolute atomic E-state index is 13.8. The molecule has 1 N–H and O–H groups in total. The fraction of sp³-hybridized carbons (Fsp3) is 0.650. The predicted molar refractivity (Wildman–Crippen MR) is 121 cm³/mol. The number of ether oxygens (including phenoxy) is 2. The average Bonchev–Trinajstić information content (AvgIpc) is 3.23. The Hall–Kier alpha value is -1.13. The maximum atomic E-state index is 13.8. The van der Waals surface area contributed by atoms with Gasteiger partial charge in [0.2, 0.25) is 0 Å². The summed E-state index contributed by atoms with van der Waals surface area (Å²) in [5.41, 5.74) is 0.634. The van der Waals surface area contributed by atoms with Gasteiger partial charge >= 0.3 is 0 Å². The number of rotatable bonds is 6. The molecule has 2 aliphatic heterocycles. The molecule has 2 fully saturated rings. The van der Waals surface area contributed by atoms with Crippen LogP contribution in [0.1, 0.15) is 19.3 Å². The monoisotopic (exact) mass is 506 g/mol. The van der Waals surface area contributed by atoms with Gasteiger partial charge in [0.25, 0.3) is 0 Å². The highest BCUT2D eigenvalue weighted by Crippen LogP contribution is 2.21. The lowest BCUT2D eigenvalue weighted by Gasteiger charge is -2.37. The van der Waals surface area contributed by atoms with Crippen molar-refractivity contribution in [3.63, 3.8) is 0 Å². The van der Waals surface area contributed by atoms with Crippen molar-refractivity contribution < 1.29 is 13.9 Å². The van der Waals surface area contributed by atoms with Gasteiger partial charge in [-0.05, 0) is 31.4 Å². The number of guanidine groups is 1. The van der Waals surface area contributed by atoms with E-state index in [0.29, 0.717) is 12.3 Å². The number of benzene rings is 1. The Morgan fingerprint density at radius 1 is 1.29 bits per heavy atom. The normalized spacial score (nSPS) is 22.7. The molecule has 6 nitrogen and oxygen atoms in total. The number of morpholine rings is 1. The van der Waals surface area contributed by atoms with Gasteiger partial charge in [-0.15, -0.1) is 24.0 Å². The minimum atomic E-state index is -0.183. The molecular weight excluding hydrogens is 474 g/mol. The lowest BCUT2D eigenvalue weighted by Crippen LogP contribution is -2.53. The number of aliphatic imine (C=N–C) groups is 1. The van der Waals surface area contributed by atoms with Gasteiger partial charge in [0, 0.05) is 46.9 Å². The zero-order valence-corrected chi connectivity index (χ0v) is 19.1. The van der Waals surface area contributed by atoms with Gasteiger partial charge < -0.3 is 24.6 Å². The first kappa shape index (κ1) is 23.2. The predicted octanol–water partition coefficient (Wildman–Crippen LogP) is 2.73. The van der Waals surface area contributed by atoms with Crippen LogP contribution >= 0.6 is 24.0 Å². The van der Waals surface area contributed by atoms with Crippen LogP contribution in [0, 0.1) is 5.82 Å². The summed E-state index contributed by atoms with van der Waals surface area (Å²) in [5, 5.41) is 3.43. The first-order valence-corrected chi connectivity index (χ1v) is 9.83. The smallest absolute Gasteiger partial charge is 0.193 e. The quantitative estimate of drug-likeness (QED) is 0.279. The topological polar surface area (TPSA) is 49.3 Å². The fourth-order valence-electron chi connectivity index (χ4n) is 3.72. The first-order valence-electron chi connectivity index (χ1n) is 9.83. The Bertz CT molecular complexity index is 628. The molecule has 158 valence electrons. The van der Waals surface area contributed by atoms with Gasteiger partial charge in [-0.1, -0.05) is 12.1 Å². The van der Waals surface area contributed by atoms with Crippen LogP contribution in [-0.4, -0.2) is 76.6 Å². The summed E-state index contributed by atoms with van der Waals surface area (Å²) in [6.45, 7) is 4.73. The van der Waals surface area contributed by atoms with E-state index < -0.39 is 0 Å². The molecule has 0 amide bonds. The molecule has 0 spiro atoms. The Labute approximate surface area is 184 Å². The van der Waals surface area contributed by atoms with Gasteiger partial charge in [0.15, 0.2) is 5.96 Å². The number of halogens is 2. The van der Waals surface area contributed by atoms with E-state index in [-0.39, 0.29) is 42.0 Å². The van der Waals surface area contributed by atoms with Gasteiger partial charge in [-0.2, -0.15) is 0 Å². The van der Waals surface area contributed by atoms with Crippen LogP contribution < -0.4 is 10.2 Å². The molecule has 8 heteroatoms. The van der Waals surface area contributed by atoms with Crippen molar-refractivity contribution in [2.45, 2.75) is 31.5 Å². The molecule has 0 saturated carbocycles. The minimum absolute atomic E-state index is 0. The van der Waals surface area contributed by atoms with Gasteiger partial charge in [0.05, 0.1) is 18.4 Å². The molecule has 0 aromatic heterocycles. The lowest BCUT2D eigenvalue weighted by molar-refractivity contribution is -0.0816. The van der Waals surface area contributed by atoms with Crippen molar-refractivity contribution in [1.29, 1.82) is 0 Å². The summed E-state index contributed by atoms with van der Waals surface area (Å²) in [4.78, 5) is 8.62. The van der Waals surface area contributed by atoms with Crippen LogP contribution in [0.5, 0.6) is 0 Å². The highest BCUT2D eigenvalue weighted by Gasteiger charge is 2.32. The highest BCUT2D eigenvalue weighted by atomic mass is 127. The SMILES string of the molecule is CN=C(NCCCN(C)c1ccccc1F)N1CCOC(C2CCCO2)C1.I. The van der Waals surface area contributed by atoms with E-state index in [2.05, 4.69) is 15.2 Å². The number of hydrogen-bond donors (Lipinski definition) is 1. The second kappa shape index (κ2) is 11.8. The summed E-state index contributed by atoms with van der Waals surface area (Å²) in [5.74, 6) is 0.715. The van der Waals surface area contributed by atoms with E-state index >= 15 is 0 Å². The summed E-state index contributed by atoms with van der Waals surface area (Å²) in [6.07, 6.45) is 3.41. The van der Waals surface area contributed by atoms with Crippen molar-refractivity contribution in [3.8, 4) is 0 Å². The molecule has 2 atom stereocenters. The third kappa shape index (κ3) is 6.18. The van der Waals surface area contributed by atoms with Crippen LogP contribution in [0.25, 0.3) is 0 Å². The minimum Gasteiger partial charge on any atom is -0.375 e. The molecule has 0 bridgehead atoms. The van der Waals surface area contributed by atoms with Crippen LogP contribution in [0.2, 0.25) is 0 Å². The fourth-order valence-corrected chi connectivity index (χ4v) is 3.72. The third-order valence-electron chi connectivity index (χ3n) is 5.20. The van der Waals surface area contributed by atoms with E-state index in [1.807, 2.05) is 25.1 Å². The van der Waals surface area contributed by atoms with Crippen molar-refractivity contribution in [2.24, 2.45) is 4.99 Å². The highest BCUT2D eigenvalue weighted by molar-refractivity contribution is 14.0. The Morgan fingerprint density at radius 3 is 2.79 bits per heavy atom. The molecule has 3 rings (SSSR count). The first-order chi connectivity index (χ1) is 13.2. The second-order valence-corrected chi connectivity index (χ2v) is 7.11. The average molecular weight is 506 g/mol. The Balaban J connectivity index is 0.00000280. The lowest BCUT2D eigenvalue weighted by atomic mass is 10.1. The van der Waals surface area contributed by atoms with E-state index in [4.69, 9.17) is 9.47 Å². The zero-order valence-electron chi connectivity index (χ0n) is 16.8. The van der Waals surface area contributed by atoms with Gasteiger partial charge in [-0.25, -0.2) is 4.39 Å². The maximum Gasteiger partial charge on any atom is 0.193 e. The Morgan fingerprint density at radius 2 is 2.07 bits per heavy atom. The van der Waals surface area contributed by atoms with Crippen LogP contribution in [0.4, 0.5) is 10.1 Å². The molecular formula is C20H32FIN4O2.